The highest BCUT2D eigenvalue weighted by atomic mass is 16.5. The summed E-state index contributed by atoms with van der Waals surface area (Å²) in [7, 11) is 0. The fraction of sp³-hybridized carbons (Fsp3) is 0.318. The van der Waals surface area contributed by atoms with E-state index in [-0.39, 0.29) is 5.91 Å². The largest absolute Gasteiger partial charge is 0.353 e. The van der Waals surface area contributed by atoms with Crippen LogP contribution in [0.4, 0.5) is 0 Å². The standard InChI is InChI=1S/C22H25N3O4/c1-2-3-15-4-6-16(7-5-15)17-8-10-18(11-9-17)22(28)25-13-12-19(23-14-26)20(25)21(27)24-29/h4-11,14,19-20,29H,2-3,12-13H2,1H3,(H,23,26)(H,24,27)/t19-,20-/m0/s1. The van der Waals surface area contributed by atoms with Crippen LogP contribution in [0.1, 0.15) is 35.7 Å². The molecule has 29 heavy (non-hydrogen) atoms. The summed E-state index contributed by atoms with van der Waals surface area (Å²) in [5, 5.41) is 11.6. The minimum Gasteiger partial charge on any atom is -0.353 e. The van der Waals surface area contributed by atoms with Crippen molar-refractivity contribution in [2.45, 2.75) is 38.3 Å². The van der Waals surface area contributed by atoms with Gasteiger partial charge >= 0.3 is 0 Å². The molecule has 152 valence electrons. The third-order valence-corrected chi connectivity index (χ3v) is 5.28. The van der Waals surface area contributed by atoms with Gasteiger partial charge in [0, 0.05) is 12.1 Å². The molecule has 2 atom stereocenters. The Kier molecular flexibility index (Phi) is 6.61. The molecule has 1 heterocycles. The molecule has 0 spiro atoms. The van der Waals surface area contributed by atoms with Crippen LogP contribution in [0, 0.1) is 0 Å². The summed E-state index contributed by atoms with van der Waals surface area (Å²) < 4.78 is 0. The van der Waals surface area contributed by atoms with Gasteiger partial charge in [0.05, 0.1) is 6.04 Å². The molecular weight excluding hydrogens is 370 g/mol. The minimum absolute atomic E-state index is 0.309. The van der Waals surface area contributed by atoms with Crippen LogP contribution in [0.3, 0.4) is 0 Å². The van der Waals surface area contributed by atoms with E-state index in [9.17, 15) is 14.4 Å². The van der Waals surface area contributed by atoms with Gasteiger partial charge in [0.15, 0.2) is 0 Å². The number of hydrogen-bond donors (Lipinski definition) is 3. The number of aryl methyl sites for hydroxylation is 1. The zero-order valence-corrected chi connectivity index (χ0v) is 16.3. The smallest absolute Gasteiger partial charge is 0.268 e. The van der Waals surface area contributed by atoms with Crippen molar-refractivity contribution in [2.75, 3.05) is 6.54 Å². The lowest BCUT2D eigenvalue weighted by Gasteiger charge is -2.26. The van der Waals surface area contributed by atoms with Crippen LogP contribution >= 0.6 is 0 Å². The maximum atomic E-state index is 12.9. The molecule has 3 amide bonds. The first-order valence-electron chi connectivity index (χ1n) is 9.73. The summed E-state index contributed by atoms with van der Waals surface area (Å²) in [6.45, 7) is 2.46. The van der Waals surface area contributed by atoms with E-state index in [0.717, 1.165) is 24.0 Å². The normalized spacial score (nSPS) is 18.3. The second-order valence-corrected chi connectivity index (χ2v) is 7.12. The molecule has 1 saturated heterocycles. The number of carbonyl (C=O) groups excluding carboxylic acids is 3. The van der Waals surface area contributed by atoms with Crippen molar-refractivity contribution in [2.24, 2.45) is 0 Å². The summed E-state index contributed by atoms with van der Waals surface area (Å²) in [5.41, 5.74) is 5.39. The van der Waals surface area contributed by atoms with Crippen molar-refractivity contribution in [1.82, 2.24) is 15.7 Å². The van der Waals surface area contributed by atoms with Gasteiger partial charge in [-0.05, 0) is 41.7 Å². The molecular formula is C22H25N3O4. The zero-order valence-electron chi connectivity index (χ0n) is 16.3. The molecule has 7 nitrogen and oxygen atoms in total. The molecule has 7 heteroatoms. The van der Waals surface area contributed by atoms with Gasteiger partial charge in [-0.2, -0.15) is 0 Å². The van der Waals surface area contributed by atoms with Gasteiger partial charge in [-0.3, -0.25) is 19.6 Å². The molecule has 3 rings (SSSR count). The summed E-state index contributed by atoms with van der Waals surface area (Å²) in [6.07, 6.45) is 3.08. The number of likely N-dealkylation sites (tertiary alicyclic amines) is 1. The second-order valence-electron chi connectivity index (χ2n) is 7.12. The lowest BCUT2D eigenvalue weighted by atomic mass is 10.0. The number of hydroxylamine groups is 1. The Morgan fingerprint density at radius 2 is 1.72 bits per heavy atom. The van der Waals surface area contributed by atoms with Gasteiger partial charge in [-0.15, -0.1) is 0 Å². The molecule has 0 bridgehead atoms. The fourth-order valence-electron chi connectivity index (χ4n) is 3.80. The Balaban J connectivity index is 1.77. The highest BCUT2D eigenvalue weighted by Crippen LogP contribution is 2.24. The van der Waals surface area contributed by atoms with Crippen LogP contribution in [-0.2, 0) is 16.0 Å². The van der Waals surface area contributed by atoms with Crippen LogP contribution < -0.4 is 10.8 Å². The van der Waals surface area contributed by atoms with Gasteiger partial charge in [0.1, 0.15) is 6.04 Å². The van der Waals surface area contributed by atoms with Crippen molar-refractivity contribution < 1.29 is 19.6 Å². The number of hydrogen-bond acceptors (Lipinski definition) is 4. The average Bonchev–Trinajstić information content (AvgIpc) is 3.17. The van der Waals surface area contributed by atoms with E-state index in [1.54, 1.807) is 17.6 Å². The molecule has 1 fully saturated rings. The van der Waals surface area contributed by atoms with Gasteiger partial charge in [0.2, 0.25) is 6.41 Å². The van der Waals surface area contributed by atoms with Crippen molar-refractivity contribution in [3.05, 3.63) is 59.7 Å². The van der Waals surface area contributed by atoms with E-state index in [0.29, 0.717) is 24.9 Å². The van der Waals surface area contributed by atoms with Crippen LogP contribution in [0.2, 0.25) is 0 Å². The monoisotopic (exact) mass is 395 g/mol. The van der Waals surface area contributed by atoms with Crippen LogP contribution in [0.5, 0.6) is 0 Å². The molecule has 2 aromatic rings. The maximum Gasteiger partial charge on any atom is 0.268 e. The number of amides is 3. The topological polar surface area (TPSA) is 98.7 Å². The summed E-state index contributed by atoms with van der Waals surface area (Å²) >= 11 is 0. The second kappa shape index (κ2) is 9.34. The van der Waals surface area contributed by atoms with Gasteiger partial charge in [-0.25, -0.2) is 5.48 Å². The van der Waals surface area contributed by atoms with Gasteiger partial charge < -0.3 is 10.2 Å². The Morgan fingerprint density at radius 3 is 2.28 bits per heavy atom. The predicted octanol–water partition coefficient (Wildman–Crippen LogP) is 2.14. The first-order valence-corrected chi connectivity index (χ1v) is 9.73. The van der Waals surface area contributed by atoms with E-state index >= 15 is 0 Å². The molecule has 0 unspecified atom stereocenters. The Bertz CT molecular complexity index is 865. The number of rotatable bonds is 7. The number of nitrogens with zero attached hydrogens (tertiary/aromatic N) is 1. The third-order valence-electron chi connectivity index (χ3n) is 5.28. The zero-order chi connectivity index (χ0) is 20.8. The van der Waals surface area contributed by atoms with Crippen molar-refractivity contribution in [3.63, 3.8) is 0 Å². The van der Waals surface area contributed by atoms with E-state index in [4.69, 9.17) is 5.21 Å². The summed E-state index contributed by atoms with van der Waals surface area (Å²) in [6, 6.07) is 14.1. The SMILES string of the molecule is CCCc1ccc(-c2ccc(C(=O)N3CC[C@H](NC=O)[C@H]3C(=O)NO)cc2)cc1. The first-order chi connectivity index (χ1) is 14.1. The summed E-state index contributed by atoms with van der Waals surface area (Å²) in [4.78, 5) is 37.1. The maximum absolute atomic E-state index is 12.9. The highest BCUT2D eigenvalue weighted by Gasteiger charge is 2.42. The lowest BCUT2D eigenvalue weighted by molar-refractivity contribution is -0.133. The Morgan fingerprint density at radius 1 is 1.10 bits per heavy atom. The van der Waals surface area contributed by atoms with Crippen molar-refractivity contribution in [3.8, 4) is 11.1 Å². The van der Waals surface area contributed by atoms with Gasteiger partial charge in [-0.1, -0.05) is 49.7 Å². The van der Waals surface area contributed by atoms with Crippen LogP contribution in [0.25, 0.3) is 11.1 Å². The summed E-state index contributed by atoms with van der Waals surface area (Å²) in [5.74, 6) is -1.04. The minimum atomic E-state index is -0.955. The number of nitrogens with one attached hydrogen (secondary N) is 2. The van der Waals surface area contributed by atoms with E-state index in [2.05, 4.69) is 36.5 Å². The molecule has 1 aliphatic heterocycles. The fourth-order valence-corrected chi connectivity index (χ4v) is 3.80. The molecule has 0 radical (unpaired) electrons. The van der Waals surface area contributed by atoms with Crippen molar-refractivity contribution in [1.29, 1.82) is 0 Å². The molecule has 0 saturated carbocycles. The highest BCUT2D eigenvalue weighted by molar-refractivity contribution is 5.98. The van der Waals surface area contributed by atoms with E-state index in [1.165, 1.54) is 10.5 Å². The Labute approximate surface area is 169 Å². The third kappa shape index (κ3) is 4.46. The van der Waals surface area contributed by atoms with E-state index < -0.39 is 18.0 Å². The molecule has 0 aromatic heterocycles. The Hall–Kier alpha value is -3.19. The number of benzene rings is 2. The first kappa shape index (κ1) is 20.5. The van der Waals surface area contributed by atoms with Gasteiger partial charge in [0.25, 0.3) is 11.8 Å². The average molecular weight is 395 g/mol. The van der Waals surface area contributed by atoms with Crippen LogP contribution in [-0.4, -0.2) is 47.0 Å². The molecule has 1 aliphatic rings. The van der Waals surface area contributed by atoms with Crippen LogP contribution in [0.15, 0.2) is 48.5 Å². The molecule has 2 aromatic carbocycles. The predicted molar refractivity (Wildman–Crippen MR) is 108 cm³/mol. The quantitative estimate of drug-likeness (QED) is 0.380. The van der Waals surface area contributed by atoms with Crippen molar-refractivity contribution >= 4 is 18.2 Å². The van der Waals surface area contributed by atoms with E-state index in [1.807, 2.05) is 12.1 Å². The molecule has 3 N–H and O–H groups in total. The number of carbonyl (C=O) groups is 3. The lowest BCUT2D eigenvalue weighted by Crippen LogP contribution is -2.53. The molecule has 0 aliphatic carbocycles.